The van der Waals surface area contributed by atoms with Gasteiger partial charge in [0.05, 0.1) is 11.5 Å². The van der Waals surface area contributed by atoms with Crippen molar-refractivity contribution in [2.45, 2.75) is 24.7 Å². The standard InChI is InChI=1S/C17H13Cl2N/c18-14-6-5-13(16(19)9-14)10-17(11-20)8-7-12-3-1-2-4-15(12)17/h1-6,9H,7-8,10H2. The molecule has 2 aromatic rings. The molecule has 0 N–H and O–H groups in total. The number of halogens is 2. The van der Waals surface area contributed by atoms with Crippen molar-refractivity contribution in [1.29, 1.82) is 5.26 Å². The average molecular weight is 302 g/mol. The predicted octanol–water partition coefficient (Wildman–Crippen LogP) is 4.94. The first-order chi connectivity index (χ1) is 9.64. The van der Waals surface area contributed by atoms with Gasteiger partial charge in [0.2, 0.25) is 0 Å². The molecule has 1 nitrogen and oxygen atoms in total. The third-order valence-electron chi connectivity index (χ3n) is 4.08. The summed E-state index contributed by atoms with van der Waals surface area (Å²) in [5.74, 6) is 0. The molecule has 1 unspecified atom stereocenters. The van der Waals surface area contributed by atoms with Crippen LogP contribution in [0.1, 0.15) is 23.1 Å². The molecule has 3 heteroatoms. The van der Waals surface area contributed by atoms with Crippen molar-refractivity contribution in [1.82, 2.24) is 0 Å². The van der Waals surface area contributed by atoms with E-state index in [0.29, 0.717) is 16.5 Å². The van der Waals surface area contributed by atoms with Gasteiger partial charge in [0.25, 0.3) is 0 Å². The van der Waals surface area contributed by atoms with Crippen molar-refractivity contribution < 1.29 is 0 Å². The Morgan fingerprint density at radius 3 is 2.70 bits per heavy atom. The van der Waals surface area contributed by atoms with E-state index in [1.165, 1.54) is 5.56 Å². The molecule has 0 aromatic heterocycles. The molecular formula is C17H13Cl2N. The lowest BCUT2D eigenvalue weighted by molar-refractivity contribution is 0.541. The average Bonchev–Trinajstić information content (AvgIpc) is 2.82. The summed E-state index contributed by atoms with van der Waals surface area (Å²) in [4.78, 5) is 0. The van der Waals surface area contributed by atoms with Crippen LogP contribution >= 0.6 is 23.2 Å². The molecule has 0 spiro atoms. The fourth-order valence-corrected chi connectivity index (χ4v) is 3.49. The normalized spacial score (nSPS) is 20.4. The molecule has 20 heavy (non-hydrogen) atoms. The molecule has 1 aliphatic carbocycles. The smallest absolute Gasteiger partial charge is 0.0868 e. The molecule has 0 fully saturated rings. The third-order valence-corrected chi connectivity index (χ3v) is 4.66. The number of rotatable bonds is 2. The quantitative estimate of drug-likeness (QED) is 0.770. The van der Waals surface area contributed by atoms with Gasteiger partial charge >= 0.3 is 0 Å². The summed E-state index contributed by atoms with van der Waals surface area (Å²) in [5, 5.41) is 11.0. The van der Waals surface area contributed by atoms with E-state index in [2.05, 4.69) is 18.2 Å². The Bertz CT molecular complexity index is 702. The van der Waals surface area contributed by atoms with Crippen LogP contribution in [0.25, 0.3) is 0 Å². The Hall–Kier alpha value is -1.49. The van der Waals surface area contributed by atoms with Crippen LogP contribution in [0.3, 0.4) is 0 Å². The van der Waals surface area contributed by atoms with E-state index in [9.17, 15) is 5.26 Å². The second-order valence-electron chi connectivity index (χ2n) is 5.26. The number of hydrogen-bond acceptors (Lipinski definition) is 1. The summed E-state index contributed by atoms with van der Waals surface area (Å²) in [7, 11) is 0. The van der Waals surface area contributed by atoms with Gasteiger partial charge in [-0.3, -0.25) is 0 Å². The summed E-state index contributed by atoms with van der Waals surface area (Å²) in [6.45, 7) is 0. The largest absolute Gasteiger partial charge is 0.197 e. The zero-order valence-corrected chi connectivity index (χ0v) is 12.4. The second-order valence-corrected chi connectivity index (χ2v) is 6.11. The first-order valence-corrected chi connectivity index (χ1v) is 7.34. The van der Waals surface area contributed by atoms with Crippen molar-refractivity contribution in [3.05, 3.63) is 69.2 Å². The molecule has 0 bridgehead atoms. The van der Waals surface area contributed by atoms with E-state index in [1.54, 1.807) is 6.07 Å². The number of nitrogens with zero attached hydrogens (tertiary/aromatic N) is 1. The van der Waals surface area contributed by atoms with Crippen LogP contribution in [-0.2, 0) is 18.3 Å². The highest BCUT2D eigenvalue weighted by Crippen LogP contribution is 2.42. The van der Waals surface area contributed by atoms with Crippen molar-refractivity contribution >= 4 is 23.2 Å². The SMILES string of the molecule is N#CC1(Cc2ccc(Cl)cc2Cl)CCc2ccccc21. The topological polar surface area (TPSA) is 23.8 Å². The van der Waals surface area contributed by atoms with Crippen LogP contribution in [0, 0.1) is 11.3 Å². The van der Waals surface area contributed by atoms with Crippen molar-refractivity contribution in [2.75, 3.05) is 0 Å². The van der Waals surface area contributed by atoms with Gasteiger partial charge in [-0.25, -0.2) is 0 Å². The Labute approximate surface area is 128 Å². The van der Waals surface area contributed by atoms with E-state index in [-0.39, 0.29) is 0 Å². The van der Waals surface area contributed by atoms with E-state index in [1.807, 2.05) is 24.3 Å². The molecule has 0 amide bonds. The van der Waals surface area contributed by atoms with Crippen molar-refractivity contribution in [2.24, 2.45) is 0 Å². The van der Waals surface area contributed by atoms with Gasteiger partial charge < -0.3 is 0 Å². The zero-order chi connectivity index (χ0) is 14.2. The number of fused-ring (bicyclic) bond motifs is 1. The highest BCUT2D eigenvalue weighted by Gasteiger charge is 2.39. The summed E-state index contributed by atoms with van der Waals surface area (Å²) >= 11 is 12.2. The zero-order valence-electron chi connectivity index (χ0n) is 10.9. The minimum atomic E-state index is -0.464. The fourth-order valence-electron chi connectivity index (χ4n) is 3.02. The van der Waals surface area contributed by atoms with E-state index >= 15 is 0 Å². The first-order valence-electron chi connectivity index (χ1n) is 6.58. The van der Waals surface area contributed by atoms with E-state index < -0.39 is 5.41 Å². The minimum Gasteiger partial charge on any atom is -0.197 e. The van der Waals surface area contributed by atoms with Gasteiger partial charge in [0, 0.05) is 10.0 Å². The van der Waals surface area contributed by atoms with Crippen LogP contribution in [-0.4, -0.2) is 0 Å². The number of nitriles is 1. The maximum atomic E-state index is 9.75. The molecule has 0 saturated heterocycles. The monoisotopic (exact) mass is 301 g/mol. The number of benzene rings is 2. The van der Waals surface area contributed by atoms with Crippen molar-refractivity contribution in [3.63, 3.8) is 0 Å². The van der Waals surface area contributed by atoms with Crippen LogP contribution in [0.5, 0.6) is 0 Å². The maximum absolute atomic E-state index is 9.75. The lowest BCUT2D eigenvalue weighted by atomic mass is 9.78. The minimum absolute atomic E-state index is 0.464. The number of aryl methyl sites for hydroxylation is 1. The third kappa shape index (κ3) is 2.20. The molecule has 0 radical (unpaired) electrons. The predicted molar refractivity (Wildman–Crippen MR) is 82.2 cm³/mol. The summed E-state index contributed by atoms with van der Waals surface area (Å²) in [6, 6.07) is 16.2. The Kier molecular flexibility index (Phi) is 3.46. The molecule has 0 aliphatic heterocycles. The van der Waals surface area contributed by atoms with E-state index in [0.717, 1.165) is 24.0 Å². The maximum Gasteiger partial charge on any atom is 0.0868 e. The van der Waals surface area contributed by atoms with Crippen LogP contribution in [0.2, 0.25) is 10.0 Å². The molecule has 1 aliphatic rings. The Balaban J connectivity index is 2.02. The van der Waals surface area contributed by atoms with Crippen molar-refractivity contribution in [3.8, 4) is 6.07 Å². The summed E-state index contributed by atoms with van der Waals surface area (Å²) in [5.41, 5.74) is 2.94. The fraction of sp³-hybridized carbons (Fsp3) is 0.235. The molecule has 3 rings (SSSR count). The van der Waals surface area contributed by atoms with Gasteiger partial charge in [0.15, 0.2) is 0 Å². The van der Waals surface area contributed by atoms with Gasteiger partial charge in [-0.05, 0) is 48.1 Å². The summed E-state index contributed by atoms with van der Waals surface area (Å²) in [6.07, 6.45) is 2.44. The number of hydrogen-bond donors (Lipinski definition) is 0. The first kappa shape index (κ1) is 13.5. The Morgan fingerprint density at radius 2 is 1.95 bits per heavy atom. The summed E-state index contributed by atoms with van der Waals surface area (Å²) < 4.78 is 0. The Morgan fingerprint density at radius 1 is 1.15 bits per heavy atom. The lowest BCUT2D eigenvalue weighted by Crippen LogP contribution is -2.24. The molecule has 0 heterocycles. The molecule has 0 saturated carbocycles. The van der Waals surface area contributed by atoms with Crippen LogP contribution in [0.4, 0.5) is 0 Å². The second kappa shape index (κ2) is 5.13. The molecular weight excluding hydrogens is 289 g/mol. The van der Waals surface area contributed by atoms with Gasteiger partial charge in [-0.15, -0.1) is 0 Å². The van der Waals surface area contributed by atoms with Crippen LogP contribution in [0.15, 0.2) is 42.5 Å². The molecule has 2 aromatic carbocycles. The molecule has 1 atom stereocenters. The van der Waals surface area contributed by atoms with Gasteiger partial charge in [-0.1, -0.05) is 53.5 Å². The van der Waals surface area contributed by atoms with Gasteiger partial charge in [-0.2, -0.15) is 5.26 Å². The highest BCUT2D eigenvalue weighted by molar-refractivity contribution is 6.35. The highest BCUT2D eigenvalue weighted by atomic mass is 35.5. The molecule has 100 valence electrons. The van der Waals surface area contributed by atoms with Crippen LogP contribution < -0.4 is 0 Å². The van der Waals surface area contributed by atoms with E-state index in [4.69, 9.17) is 23.2 Å². The van der Waals surface area contributed by atoms with Gasteiger partial charge in [0.1, 0.15) is 0 Å². The lowest BCUT2D eigenvalue weighted by Gasteiger charge is -2.23.